The molecule has 1 fully saturated rings. The lowest BCUT2D eigenvalue weighted by atomic mass is 10.0. The molecule has 0 aliphatic carbocycles. The molecule has 0 aromatic carbocycles. The summed E-state index contributed by atoms with van der Waals surface area (Å²) in [5.74, 6) is 1.61. The highest BCUT2D eigenvalue weighted by Crippen LogP contribution is 2.14. The van der Waals surface area contributed by atoms with Crippen LogP contribution in [0.2, 0.25) is 0 Å². The largest absolute Gasteiger partial charge is 0.381 e. The fourth-order valence-corrected chi connectivity index (χ4v) is 3.31. The molecule has 0 radical (unpaired) electrons. The van der Waals surface area contributed by atoms with E-state index in [1.165, 1.54) is 5.56 Å². The van der Waals surface area contributed by atoms with Crippen molar-refractivity contribution < 1.29 is 9.47 Å². The van der Waals surface area contributed by atoms with Crippen molar-refractivity contribution in [2.45, 2.75) is 25.8 Å². The van der Waals surface area contributed by atoms with Crippen LogP contribution in [-0.2, 0) is 16.0 Å². The maximum absolute atomic E-state index is 5.79. The quantitative estimate of drug-likeness (QED) is 0.276. The van der Waals surface area contributed by atoms with Gasteiger partial charge >= 0.3 is 0 Å². The van der Waals surface area contributed by atoms with Crippen molar-refractivity contribution in [1.29, 1.82) is 0 Å². The van der Waals surface area contributed by atoms with Crippen LogP contribution in [0.5, 0.6) is 0 Å². The van der Waals surface area contributed by atoms with Gasteiger partial charge in [0, 0.05) is 53.6 Å². The Bertz CT molecular complexity index is 451. The Hall–Kier alpha value is -0.380. The van der Waals surface area contributed by atoms with Crippen LogP contribution in [0.25, 0.3) is 0 Å². The van der Waals surface area contributed by atoms with Crippen LogP contribution >= 0.6 is 35.3 Å². The third-order valence-electron chi connectivity index (χ3n) is 4.02. The van der Waals surface area contributed by atoms with Gasteiger partial charge in [0.1, 0.15) is 0 Å². The van der Waals surface area contributed by atoms with Gasteiger partial charge in [-0.25, -0.2) is 0 Å². The molecule has 1 aromatic rings. The van der Waals surface area contributed by atoms with Gasteiger partial charge in [-0.05, 0) is 47.6 Å². The highest BCUT2D eigenvalue weighted by molar-refractivity contribution is 14.0. The van der Waals surface area contributed by atoms with Gasteiger partial charge < -0.3 is 19.7 Å². The number of nitrogens with one attached hydrogen (secondary N) is 1. The molecule has 1 N–H and O–H groups in total. The molecule has 1 saturated heterocycles. The van der Waals surface area contributed by atoms with Crippen LogP contribution < -0.4 is 5.32 Å². The van der Waals surface area contributed by atoms with E-state index in [2.05, 4.69) is 39.1 Å². The zero-order chi connectivity index (χ0) is 16.3. The monoisotopic (exact) mass is 467 g/mol. The Labute approximate surface area is 166 Å². The van der Waals surface area contributed by atoms with Gasteiger partial charge in [-0.15, -0.1) is 24.0 Å². The average molecular weight is 467 g/mol. The van der Waals surface area contributed by atoms with Crippen LogP contribution in [0.15, 0.2) is 21.8 Å². The van der Waals surface area contributed by atoms with Gasteiger partial charge in [0.2, 0.25) is 0 Å². The second kappa shape index (κ2) is 12.9. The first kappa shape index (κ1) is 21.7. The maximum Gasteiger partial charge on any atom is 0.193 e. The molecule has 2 rings (SSSR count). The van der Waals surface area contributed by atoms with Crippen LogP contribution in [0, 0.1) is 5.92 Å². The second-order valence-corrected chi connectivity index (χ2v) is 6.73. The number of thiophene rings is 1. The summed E-state index contributed by atoms with van der Waals surface area (Å²) in [4.78, 5) is 6.48. The molecule has 1 aromatic heterocycles. The lowest BCUT2D eigenvalue weighted by molar-refractivity contribution is 0.0203. The molecule has 1 aliphatic heterocycles. The van der Waals surface area contributed by atoms with Gasteiger partial charge in [0.15, 0.2) is 5.96 Å². The number of rotatable bonds is 8. The summed E-state index contributed by atoms with van der Waals surface area (Å²) >= 11 is 1.73. The minimum Gasteiger partial charge on any atom is -0.381 e. The summed E-state index contributed by atoms with van der Waals surface area (Å²) in [6.07, 6.45) is 3.27. The summed E-state index contributed by atoms with van der Waals surface area (Å²) < 4.78 is 11.1. The molecule has 24 heavy (non-hydrogen) atoms. The standard InChI is InChI=1S/C17H29N3O2S.HI/c1-18-17(20(2)12-16-6-11-23-14-16)19-7-3-8-22-13-15-4-9-21-10-5-15;/h6,11,14-15H,3-5,7-10,12-13H2,1-2H3,(H,18,19);1H. The Morgan fingerprint density at radius 3 is 2.92 bits per heavy atom. The molecule has 5 nitrogen and oxygen atoms in total. The zero-order valence-corrected chi connectivity index (χ0v) is 17.8. The number of aliphatic imine (C=N–C) groups is 1. The minimum absolute atomic E-state index is 0. The Morgan fingerprint density at radius 2 is 2.25 bits per heavy atom. The predicted octanol–water partition coefficient (Wildman–Crippen LogP) is 3.21. The fourth-order valence-electron chi connectivity index (χ4n) is 2.65. The van der Waals surface area contributed by atoms with E-state index in [-0.39, 0.29) is 24.0 Å². The highest BCUT2D eigenvalue weighted by atomic mass is 127. The van der Waals surface area contributed by atoms with Crippen molar-refractivity contribution in [1.82, 2.24) is 10.2 Å². The van der Waals surface area contributed by atoms with Gasteiger partial charge in [0.05, 0.1) is 0 Å². The SMILES string of the molecule is CN=C(NCCCOCC1CCOCC1)N(C)Cc1ccsc1.I. The van der Waals surface area contributed by atoms with Crippen molar-refractivity contribution in [3.63, 3.8) is 0 Å². The number of hydrogen-bond donors (Lipinski definition) is 1. The third-order valence-corrected chi connectivity index (χ3v) is 4.75. The molecule has 138 valence electrons. The Balaban J connectivity index is 0.00000288. The van der Waals surface area contributed by atoms with E-state index in [4.69, 9.17) is 9.47 Å². The molecule has 0 saturated carbocycles. The van der Waals surface area contributed by atoms with Crippen molar-refractivity contribution in [3.8, 4) is 0 Å². The average Bonchev–Trinajstić information content (AvgIpc) is 3.08. The van der Waals surface area contributed by atoms with E-state index in [0.29, 0.717) is 5.92 Å². The van der Waals surface area contributed by atoms with E-state index in [1.807, 2.05) is 7.05 Å². The molecule has 0 bridgehead atoms. The molecular formula is C17H30IN3O2S. The van der Waals surface area contributed by atoms with E-state index in [9.17, 15) is 0 Å². The van der Waals surface area contributed by atoms with Crippen LogP contribution in [0.3, 0.4) is 0 Å². The second-order valence-electron chi connectivity index (χ2n) is 5.95. The van der Waals surface area contributed by atoms with Crippen molar-refractivity contribution in [3.05, 3.63) is 22.4 Å². The first-order valence-electron chi connectivity index (χ1n) is 8.38. The van der Waals surface area contributed by atoms with Gasteiger partial charge in [-0.3, -0.25) is 4.99 Å². The topological polar surface area (TPSA) is 46.1 Å². The number of nitrogens with zero attached hydrogens (tertiary/aromatic N) is 2. The molecule has 0 spiro atoms. The van der Waals surface area contributed by atoms with Crippen molar-refractivity contribution >= 4 is 41.3 Å². The summed E-state index contributed by atoms with van der Waals surface area (Å²) in [5.41, 5.74) is 1.32. The lowest BCUT2D eigenvalue weighted by Gasteiger charge is -2.22. The first-order valence-corrected chi connectivity index (χ1v) is 9.32. The van der Waals surface area contributed by atoms with Crippen molar-refractivity contribution in [2.24, 2.45) is 10.9 Å². The van der Waals surface area contributed by atoms with E-state index in [0.717, 1.165) is 64.7 Å². The number of guanidine groups is 1. The number of ether oxygens (including phenoxy) is 2. The molecular weight excluding hydrogens is 437 g/mol. The molecule has 0 unspecified atom stereocenters. The molecule has 2 heterocycles. The normalized spacial score (nSPS) is 15.8. The number of hydrogen-bond acceptors (Lipinski definition) is 4. The summed E-state index contributed by atoms with van der Waals surface area (Å²) in [6, 6.07) is 2.15. The van der Waals surface area contributed by atoms with Crippen LogP contribution in [0.4, 0.5) is 0 Å². The number of halogens is 1. The van der Waals surface area contributed by atoms with Crippen LogP contribution in [-0.4, -0.2) is 57.9 Å². The van der Waals surface area contributed by atoms with Crippen LogP contribution in [0.1, 0.15) is 24.8 Å². The Kier molecular flexibility index (Phi) is 11.7. The summed E-state index contributed by atoms with van der Waals surface area (Å²) in [5, 5.41) is 7.68. The third kappa shape index (κ3) is 8.13. The molecule has 0 amide bonds. The smallest absolute Gasteiger partial charge is 0.193 e. The highest BCUT2D eigenvalue weighted by Gasteiger charge is 2.13. The zero-order valence-electron chi connectivity index (χ0n) is 14.7. The minimum atomic E-state index is 0. The predicted molar refractivity (Wildman–Crippen MR) is 112 cm³/mol. The molecule has 0 atom stereocenters. The van der Waals surface area contributed by atoms with Gasteiger partial charge in [-0.2, -0.15) is 11.3 Å². The van der Waals surface area contributed by atoms with E-state index in [1.54, 1.807) is 11.3 Å². The lowest BCUT2D eigenvalue weighted by Crippen LogP contribution is -2.39. The fraction of sp³-hybridized carbons (Fsp3) is 0.706. The molecule has 1 aliphatic rings. The van der Waals surface area contributed by atoms with Gasteiger partial charge in [-0.1, -0.05) is 0 Å². The summed E-state index contributed by atoms with van der Waals surface area (Å²) in [6.45, 7) is 5.22. The Morgan fingerprint density at radius 1 is 1.46 bits per heavy atom. The van der Waals surface area contributed by atoms with Crippen molar-refractivity contribution in [2.75, 3.05) is 47.1 Å². The molecule has 7 heteroatoms. The maximum atomic E-state index is 5.79. The van der Waals surface area contributed by atoms with E-state index >= 15 is 0 Å². The summed E-state index contributed by atoms with van der Waals surface area (Å²) in [7, 11) is 3.89. The van der Waals surface area contributed by atoms with E-state index < -0.39 is 0 Å². The van der Waals surface area contributed by atoms with Gasteiger partial charge in [0.25, 0.3) is 0 Å². The first-order chi connectivity index (χ1) is 11.3.